The van der Waals surface area contributed by atoms with E-state index in [0.717, 1.165) is 0 Å². The second-order valence-corrected chi connectivity index (χ2v) is 1.98. The lowest BCUT2D eigenvalue weighted by molar-refractivity contribution is 0.0229. The molecule has 0 saturated carbocycles. The molecule has 60 valence electrons. The SMILES string of the molecule is C=CCC(O)COCCO. The molecular formula is C7H14O3. The fourth-order valence-electron chi connectivity index (χ4n) is 0.544. The van der Waals surface area contributed by atoms with Gasteiger partial charge in [0.05, 0.1) is 25.9 Å². The van der Waals surface area contributed by atoms with Gasteiger partial charge in [0.2, 0.25) is 0 Å². The molecule has 0 aliphatic carbocycles. The van der Waals surface area contributed by atoms with Crippen LogP contribution in [0.25, 0.3) is 0 Å². The molecule has 3 heteroatoms. The molecule has 0 rings (SSSR count). The Morgan fingerprint density at radius 2 is 2.30 bits per heavy atom. The molecule has 0 spiro atoms. The van der Waals surface area contributed by atoms with Crippen LogP contribution in [0.15, 0.2) is 12.7 Å². The van der Waals surface area contributed by atoms with Gasteiger partial charge in [0, 0.05) is 0 Å². The Balaban J connectivity index is 3.04. The standard InChI is InChI=1S/C7H14O3/c1-2-3-7(9)6-10-5-4-8/h2,7-9H,1,3-6H2. The van der Waals surface area contributed by atoms with Gasteiger partial charge >= 0.3 is 0 Å². The Morgan fingerprint density at radius 3 is 2.80 bits per heavy atom. The molecular weight excluding hydrogens is 132 g/mol. The molecule has 0 heterocycles. The third-order valence-electron chi connectivity index (χ3n) is 0.985. The van der Waals surface area contributed by atoms with Crippen LogP contribution in [0.1, 0.15) is 6.42 Å². The van der Waals surface area contributed by atoms with Gasteiger partial charge in [-0.05, 0) is 6.42 Å². The molecule has 0 aliphatic rings. The fraction of sp³-hybridized carbons (Fsp3) is 0.714. The van der Waals surface area contributed by atoms with E-state index < -0.39 is 6.10 Å². The van der Waals surface area contributed by atoms with Crippen LogP contribution in [-0.2, 0) is 4.74 Å². The first-order valence-corrected chi connectivity index (χ1v) is 3.28. The van der Waals surface area contributed by atoms with Crippen molar-refractivity contribution in [1.82, 2.24) is 0 Å². The summed E-state index contributed by atoms with van der Waals surface area (Å²) in [5, 5.41) is 17.3. The first-order chi connectivity index (χ1) is 4.81. The maximum atomic E-state index is 9.00. The van der Waals surface area contributed by atoms with E-state index in [1.807, 2.05) is 0 Å². The third-order valence-corrected chi connectivity index (χ3v) is 0.985. The third kappa shape index (κ3) is 5.75. The van der Waals surface area contributed by atoms with E-state index in [4.69, 9.17) is 14.9 Å². The predicted molar refractivity (Wildman–Crippen MR) is 38.7 cm³/mol. The van der Waals surface area contributed by atoms with Crippen molar-refractivity contribution in [3.05, 3.63) is 12.7 Å². The summed E-state index contributed by atoms with van der Waals surface area (Å²) < 4.78 is 4.85. The minimum Gasteiger partial charge on any atom is -0.394 e. The molecule has 3 nitrogen and oxygen atoms in total. The van der Waals surface area contributed by atoms with Crippen LogP contribution in [0, 0.1) is 0 Å². The van der Waals surface area contributed by atoms with Gasteiger partial charge in [-0.25, -0.2) is 0 Å². The van der Waals surface area contributed by atoms with Gasteiger partial charge < -0.3 is 14.9 Å². The molecule has 0 saturated heterocycles. The number of ether oxygens (including phenoxy) is 1. The first-order valence-electron chi connectivity index (χ1n) is 3.28. The Hall–Kier alpha value is -0.380. The van der Waals surface area contributed by atoms with Gasteiger partial charge in [-0.2, -0.15) is 0 Å². The number of hydrogen-bond acceptors (Lipinski definition) is 3. The van der Waals surface area contributed by atoms with Crippen LogP contribution in [-0.4, -0.2) is 36.1 Å². The molecule has 0 bridgehead atoms. The largest absolute Gasteiger partial charge is 0.394 e. The molecule has 0 aromatic carbocycles. The van der Waals surface area contributed by atoms with E-state index in [2.05, 4.69) is 6.58 Å². The Bertz CT molecular complexity index is 82.9. The van der Waals surface area contributed by atoms with Gasteiger partial charge in [-0.3, -0.25) is 0 Å². The average Bonchev–Trinajstić information content (AvgIpc) is 1.89. The Labute approximate surface area is 60.9 Å². The molecule has 0 fully saturated rings. The maximum absolute atomic E-state index is 9.00. The van der Waals surface area contributed by atoms with Crippen molar-refractivity contribution in [1.29, 1.82) is 0 Å². The molecule has 0 aromatic heterocycles. The van der Waals surface area contributed by atoms with Crippen molar-refractivity contribution in [2.45, 2.75) is 12.5 Å². The second kappa shape index (κ2) is 6.74. The monoisotopic (exact) mass is 146 g/mol. The summed E-state index contributed by atoms with van der Waals surface area (Å²) in [5.74, 6) is 0. The summed E-state index contributed by atoms with van der Waals surface area (Å²) in [6.07, 6.45) is 1.68. The van der Waals surface area contributed by atoms with Crippen molar-refractivity contribution >= 4 is 0 Å². The van der Waals surface area contributed by atoms with Crippen molar-refractivity contribution in [2.24, 2.45) is 0 Å². The molecule has 2 N–H and O–H groups in total. The Morgan fingerprint density at radius 1 is 1.60 bits per heavy atom. The van der Waals surface area contributed by atoms with Crippen molar-refractivity contribution in [3.63, 3.8) is 0 Å². The molecule has 0 aromatic rings. The number of aliphatic hydroxyl groups is 2. The zero-order chi connectivity index (χ0) is 7.82. The molecule has 10 heavy (non-hydrogen) atoms. The topological polar surface area (TPSA) is 49.7 Å². The number of hydrogen-bond donors (Lipinski definition) is 2. The normalized spacial score (nSPS) is 13.0. The summed E-state index contributed by atoms with van der Waals surface area (Å²) in [6, 6.07) is 0. The zero-order valence-corrected chi connectivity index (χ0v) is 5.99. The lowest BCUT2D eigenvalue weighted by atomic mass is 10.3. The van der Waals surface area contributed by atoms with Gasteiger partial charge in [-0.1, -0.05) is 6.08 Å². The molecule has 1 unspecified atom stereocenters. The fourth-order valence-corrected chi connectivity index (χ4v) is 0.544. The maximum Gasteiger partial charge on any atom is 0.0807 e. The van der Waals surface area contributed by atoms with Crippen LogP contribution >= 0.6 is 0 Å². The number of aliphatic hydroxyl groups excluding tert-OH is 2. The Kier molecular flexibility index (Phi) is 6.48. The van der Waals surface area contributed by atoms with Crippen LogP contribution < -0.4 is 0 Å². The van der Waals surface area contributed by atoms with Crippen molar-refractivity contribution in [3.8, 4) is 0 Å². The van der Waals surface area contributed by atoms with E-state index in [1.165, 1.54) is 0 Å². The van der Waals surface area contributed by atoms with Crippen LogP contribution in [0.3, 0.4) is 0 Å². The second-order valence-electron chi connectivity index (χ2n) is 1.98. The molecule has 0 aliphatic heterocycles. The van der Waals surface area contributed by atoms with E-state index in [1.54, 1.807) is 6.08 Å². The van der Waals surface area contributed by atoms with Crippen LogP contribution in [0.2, 0.25) is 0 Å². The van der Waals surface area contributed by atoms with Gasteiger partial charge in [0.25, 0.3) is 0 Å². The highest BCUT2D eigenvalue weighted by Gasteiger charge is 1.99. The van der Waals surface area contributed by atoms with Crippen LogP contribution in [0.5, 0.6) is 0 Å². The van der Waals surface area contributed by atoms with Gasteiger partial charge in [0.15, 0.2) is 0 Å². The molecule has 1 atom stereocenters. The molecule has 0 radical (unpaired) electrons. The van der Waals surface area contributed by atoms with E-state index >= 15 is 0 Å². The van der Waals surface area contributed by atoms with E-state index in [-0.39, 0.29) is 19.8 Å². The lowest BCUT2D eigenvalue weighted by Gasteiger charge is -2.06. The molecule has 0 amide bonds. The minimum absolute atomic E-state index is 0.000803. The highest BCUT2D eigenvalue weighted by Crippen LogP contribution is 1.91. The van der Waals surface area contributed by atoms with Crippen molar-refractivity contribution < 1.29 is 14.9 Å². The summed E-state index contributed by atoms with van der Waals surface area (Å²) in [7, 11) is 0. The highest BCUT2D eigenvalue weighted by atomic mass is 16.5. The highest BCUT2D eigenvalue weighted by molar-refractivity contribution is 4.71. The van der Waals surface area contributed by atoms with E-state index in [0.29, 0.717) is 6.42 Å². The minimum atomic E-state index is -0.482. The lowest BCUT2D eigenvalue weighted by Crippen LogP contribution is -2.15. The van der Waals surface area contributed by atoms with Crippen molar-refractivity contribution in [2.75, 3.05) is 19.8 Å². The average molecular weight is 146 g/mol. The number of rotatable bonds is 6. The predicted octanol–water partition coefficient (Wildman–Crippen LogP) is -0.0677. The first kappa shape index (κ1) is 9.62. The summed E-state index contributed by atoms with van der Waals surface area (Å²) in [4.78, 5) is 0. The smallest absolute Gasteiger partial charge is 0.0807 e. The zero-order valence-electron chi connectivity index (χ0n) is 5.99. The van der Waals surface area contributed by atoms with Crippen LogP contribution in [0.4, 0.5) is 0 Å². The van der Waals surface area contributed by atoms with Gasteiger partial charge in [-0.15, -0.1) is 6.58 Å². The summed E-state index contributed by atoms with van der Waals surface area (Å²) in [6.45, 7) is 4.02. The quantitative estimate of drug-likeness (QED) is 0.407. The van der Waals surface area contributed by atoms with E-state index in [9.17, 15) is 0 Å². The summed E-state index contributed by atoms with van der Waals surface area (Å²) in [5.41, 5.74) is 0. The summed E-state index contributed by atoms with van der Waals surface area (Å²) >= 11 is 0. The van der Waals surface area contributed by atoms with Gasteiger partial charge in [0.1, 0.15) is 0 Å².